The molecular formula is C23H23N. The Bertz CT molecular complexity index is 947. The van der Waals surface area contributed by atoms with Crippen LogP contribution in [0.3, 0.4) is 0 Å². The summed E-state index contributed by atoms with van der Waals surface area (Å²) in [5.74, 6) is 0. The Morgan fingerprint density at radius 2 is 1.54 bits per heavy atom. The van der Waals surface area contributed by atoms with Crippen molar-refractivity contribution >= 4 is 27.2 Å². The van der Waals surface area contributed by atoms with E-state index in [2.05, 4.69) is 91.6 Å². The molecule has 0 fully saturated rings. The molecule has 0 N–H and O–H groups in total. The van der Waals surface area contributed by atoms with Gasteiger partial charge in [0, 0.05) is 22.8 Å². The highest BCUT2D eigenvalue weighted by Crippen LogP contribution is 2.37. The Morgan fingerprint density at radius 3 is 2.25 bits per heavy atom. The van der Waals surface area contributed by atoms with Crippen molar-refractivity contribution in [2.75, 3.05) is 4.90 Å². The van der Waals surface area contributed by atoms with Crippen LogP contribution in [0.1, 0.15) is 26.7 Å². The summed E-state index contributed by atoms with van der Waals surface area (Å²) >= 11 is 0. The first kappa shape index (κ1) is 15.0. The van der Waals surface area contributed by atoms with Crippen molar-refractivity contribution < 1.29 is 0 Å². The van der Waals surface area contributed by atoms with Gasteiger partial charge in [0.25, 0.3) is 0 Å². The molecule has 0 atom stereocenters. The SMILES string of the molecule is CC(C)N(C1=CCCC=C1)c1cc2ccccc2c2ccccc12. The summed E-state index contributed by atoms with van der Waals surface area (Å²) in [7, 11) is 0. The molecule has 120 valence electrons. The highest BCUT2D eigenvalue weighted by molar-refractivity contribution is 6.13. The fraction of sp³-hybridized carbons (Fsp3) is 0.217. The van der Waals surface area contributed by atoms with Crippen LogP contribution in [0.15, 0.2) is 78.5 Å². The normalized spacial score (nSPS) is 14.4. The Hall–Kier alpha value is -2.54. The van der Waals surface area contributed by atoms with Crippen molar-refractivity contribution in [2.24, 2.45) is 0 Å². The van der Waals surface area contributed by atoms with E-state index in [4.69, 9.17) is 0 Å². The van der Waals surface area contributed by atoms with Crippen LogP contribution in [0.4, 0.5) is 5.69 Å². The van der Waals surface area contributed by atoms with Gasteiger partial charge in [-0.05, 0) is 55.0 Å². The number of fused-ring (bicyclic) bond motifs is 3. The Labute approximate surface area is 143 Å². The molecule has 1 aliphatic rings. The minimum Gasteiger partial charge on any atom is -0.339 e. The van der Waals surface area contributed by atoms with E-state index >= 15 is 0 Å². The van der Waals surface area contributed by atoms with Crippen LogP contribution in [0.5, 0.6) is 0 Å². The van der Waals surface area contributed by atoms with Gasteiger partial charge in [0.2, 0.25) is 0 Å². The lowest BCUT2D eigenvalue weighted by Crippen LogP contribution is -2.30. The molecule has 0 bridgehead atoms. The van der Waals surface area contributed by atoms with Gasteiger partial charge in [0.05, 0.1) is 0 Å². The molecule has 24 heavy (non-hydrogen) atoms. The molecule has 1 aliphatic carbocycles. The molecule has 0 unspecified atom stereocenters. The van der Waals surface area contributed by atoms with Crippen LogP contribution in [0.2, 0.25) is 0 Å². The lowest BCUT2D eigenvalue weighted by molar-refractivity contribution is 0.759. The van der Waals surface area contributed by atoms with E-state index in [0.717, 1.165) is 12.8 Å². The Morgan fingerprint density at radius 1 is 0.833 bits per heavy atom. The topological polar surface area (TPSA) is 3.24 Å². The van der Waals surface area contributed by atoms with E-state index < -0.39 is 0 Å². The lowest BCUT2D eigenvalue weighted by Gasteiger charge is -2.32. The fourth-order valence-corrected chi connectivity index (χ4v) is 3.73. The summed E-state index contributed by atoms with van der Waals surface area (Å²) in [6, 6.07) is 20.2. The highest BCUT2D eigenvalue weighted by atomic mass is 15.2. The molecule has 0 saturated heterocycles. The third-order valence-electron chi connectivity index (χ3n) is 4.78. The van der Waals surface area contributed by atoms with Gasteiger partial charge in [-0.1, -0.05) is 60.7 Å². The van der Waals surface area contributed by atoms with Crippen molar-refractivity contribution in [1.29, 1.82) is 0 Å². The van der Waals surface area contributed by atoms with Crippen LogP contribution in [0, 0.1) is 0 Å². The summed E-state index contributed by atoms with van der Waals surface area (Å²) in [6.45, 7) is 4.54. The van der Waals surface area contributed by atoms with Crippen LogP contribution in [-0.2, 0) is 0 Å². The quantitative estimate of drug-likeness (QED) is 0.503. The molecule has 1 nitrogen and oxygen atoms in total. The molecule has 4 rings (SSSR count). The van der Waals surface area contributed by atoms with Gasteiger partial charge in [-0.2, -0.15) is 0 Å². The van der Waals surface area contributed by atoms with Crippen molar-refractivity contribution in [2.45, 2.75) is 32.7 Å². The maximum Gasteiger partial charge on any atom is 0.0499 e. The third kappa shape index (κ3) is 2.50. The number of hydrogen-bond acceptors (Lipinski definition) is 1. The highest BCUT2D eigenvalue weighted by Gasteiger charge is 2.18. The van der Waals surface area contributed by atoms with Gasteiger partial charge < -0.3 is 4.90 Å². The number of allylic oxidation sites excluding steroid dienone is 3. The predicted molar refractivity (Wildman–Crippen MR) is 106 cm³/mol. The second-order valence-corrected chi connectivity index (χ2v) is 6.73. The number of nitrogens with zero attached hydrogens (tertiary/aromatic N) is 1. The molecule has 0 aliphatic heterocycles. The van der Waals surface area contributed by atoms with Crippen LogP contribution < -0.4 is 4.90 Å². The summed E-state index contributed by atoms with van der Waals surface area (Å²) < 4.78 is 0. The number of benzene rings is 3. The first-order valence-corrected chi connectivity index (χ1v) is 8.82. The van der Waals surface area contributed by atoms with E-state index in [9.17, 15) is 0 Å². The Balaban J connectivity index is 2.02. The monoisotopic (exact) mass is 313 g/mol. The summed E-state index contributed by atoms with van der Waals surface area (Å²) in [5.41, 5.74) is 2.62. The van der Waals surface area contributed by atoms with Crippen molar-refractivity contribution in [3.05, 3.63) is 78.5 Å². The molecule has 1 heteroatoms. The maximum atomic E-state index is 2.48. The van der Waals surface area contributed by atoms with E-state index in [1.54, 1.807) is 0 Å². The van der Waals surface area contributed by atoms with Gasteiger partial charge in [-0.3, -0.25) is 0 Å². The van der Waals surface area contributed by atoms with Gasteiger partial charge in [-0.25, -0.2) is 0 Å². The first-order chi connectivity index (χ1) is 11.8. The average molecular weight is 313 g/mol. The first-order valence-electron chi connectivity index (χ1n) is 8.82. The zero-order valence-electron chi connectivity index (χ0n) is 14.4. The Kier molecular flexibility index (Phi) is 3.86. The van der Waals surface area contributed by atoms with Crippen LogP contribution in [-0.4, -0.2) is 6.04 Å². The molecule has 0 spiro atoms. The molecule has 0 aromatic heterocycles. The summed E-state index contributed by atoms with van der Waals surface area (Å²) in [5, 5.41) is 5.28. The second kappa shape index (κ2) is 6.16. The van der Waals surface area contributed by atoms with E-state index in [-0.39, 0.29) is 0 Å². The average Bonchev–Trinajstić information content (AvgIpc) is 2.63. The smallest absolute Gasteiger partial charge is 0.0499 e. The molecule has 0 heterocycles. The summed E-state index contributed by atoms with van der Waals surface area (Å²) in [4.78, 5) is 2.48. The standard InChI is InChI=1S/C23H23N/c1-17(2)24(19-11-4-3-5-12-19)23-16-18-10-6-7-13-20(18)21-14-8-9-15-22(21)23/h4,6-17H,3,5H2,1-2H3. The largest absolute Gasteiger partial charge is 0.339 e. The van der Waals surface area contributed by atoms with Gasteiger partial charge in [0.15, 0.2) is 0 Å². The molecule has 3 aromatic carbocycles. The minimum absolute atomic E-state index is 0.406. The van der Waals surface area contributed by atoms with Gasteiger partial charge >= 0.3 is 0 Å². The molecule has 3 aromatic rings. The number of hydrogen-bond donors (Lipinski definition) is 0. The zero-order valence-corrected chi connectivity index (χ0v) is 14.4. The second-order valence-electron chi connectivity index (χ2n) is 6.73. The van der Waals surface area contributed by atoms with Crippen LogP contribution >= 0.6 is 0 Å². The number of anilines is 1. The molecule has 0 radical (unpaired) electrons. The maximum absolute atomic E-state index is 2.48. The van der Waals surface area contributed by atoms with Gasteiger partial charge in [0.1, 0.15) is 0 Å². The third-order valence-corrected chi connectivity index (χ3v) is 4.78. The van der Waals surface area contributed by atoms with Gasteiger partial charge in [-0.15, -0.1) is 0 Å². The molecular weight excluding hydrogens is 290 g/mol. The van der Waals surface area contributed by atoms with E-state index in [1.165, 1.54) is 32.9 Å². The predicted octanol–water partition coefficient (Wildman–Crippen LogP) is 6.44. The molecule has 0 amide bonds. The lowest BCUT2D eigenvalue weighted by atomic mass is 9.98. The zero-order chi connectivity index (χ0) is 16.5. The summed E-state index contributed by atoms with van der Waals surface area (Å²) in [6.07, 6.45) is 9.19. The minimum atomic E-state index is 0.406. The molecule has 0 saturated carbocycles. The fourth-order valence-electron chi connectivity index (χ4n) is 3.73. The van der Waals surface area contributed by atoms with Crippen molar-refractivity contribution in [3.63, 3.8) is 0 Å². The number of rotatable bonds is 3. The van der Waals surface area contributed by atoms with Crippen molar-refractivity contribution in [1.82, 2.24) is 0 Å². The van der Waals surface area contributed by atoms with Crippen molar-refractivity contribution in [3.8, 4) is 0 Å². The van der Waals surface area contributed by atoms with E-state index in [1.807, 2.05) is 0 Å². The van der Waals surface area contributed by atoms with E-state index in [0.29, 0.717) is 6.04 Å². The van der Waals surface area contributed by atoms with Crippen LogP contribution in [0.25, 0.3) is 21.5 Å².